The van der Waals surface area contributed by atoms with Gasteiger partial charge in [-0.05, 0) is 68.9 Å². The van der Waals surface area contributed by atoms with E-state index in [0.29, 0.717) is 5.56 Å². The van der Waals surface area contributed by atoms with Crippen molar-refractivity contribution in [1.82, 2.24) is 10.6 Å². The minimum absolute atomic E-state index is 0.143. The summed E-state index contributed by atoms with van der Waals surface area (Å²) in [6, 6.07) is 12.6. The van der Waals surface area contributed by atoms with Crippen LogP contribution in [0.1, 0.15) is 77.3 Å². The molecule has 238 valence electrons. The first-order valence-electron chi connectivity index (χ1n) is 14.2. The molecule has 4 unspecified atom stereocenters. The van der Waals surface area contributed by atoms with Crippen molar-refractivity contribution in [3.05, 3.63) is 59.7 Å². The van der Waals surface area contributed by atoms with Crippen molar-refractivity contribution in [2.24, 2.45) is 0 Å². The fraction of sp³-hybridized carbons (Fsp3) is 0.438. The summed E-state index contributed by atoms with van der Waals surface area (Å²) in [5.41, 5.74) is -1.62. The Balaban J connectivity index is 2.62. The van der Waals surface area contributed by atoms with Crippen molar-refractivity contribution < 1.29 is 49.2 Å². The van der Waals surface area contributed by atoms with Gasteiger partial charge in [0.1, 0.15) is 0 Å². The highest BCUT2D eigenvalue weighted by Crippen LogP contribution is 2.42. The molecule has 0 bridgehead atoms. The highest BCUT2D eigenvalue weighted by atomic mass is 16.4. The third-order valence-electron chi connectivity index (χ3n) is 7.64. The van der Waals surface area contributed by atoms with E-state index in [1.807, 2.05) is 30.3 Å². The van der Waals surface area contributed by atoms with Crippen LogP contribution in [0.5, 0.6) is 0 Å². The van der Waals surface area contributed by atoms with Gasteiger partial charge in [0.05, 0.1) is 23.7 Å². The van der Waals surface area contributed by atoms with Gasteiger partial charge < -0.3 is 31.1 Å². The predicted octanol–water partition coefficient (Wildman–Crippen LogP) is 3.56. The molecule has 0 saturated carbocycles. The Bertz CT molecular complexity index is 1390. The lowest BCUT2D eigenvalue weighted by atomic mass is 9.67. The lowest BCUT2D eigenvalue weighted by molar-refractivity contribution is -0.146. The van der Waals surface area contributed by atoms with Gasteiger partial charge in [0.25, 0.3) is 0 Å². The number of nitrogens with one attached hydrogen (secondary N) is 2. The molecule has 0 fully saturated rings. The van der Waals surface area contributed by atoms with Crippen molar-refractivity contribution in [2.45, 2.75) is 89.1 Å². The lowest BCUT2D eigenvalue weighted by Gasteiger charge is -2.37. The highest BCUT2D eigenvalue weighted by molar-refractivity contribution is 5.88. The summed E-state index contributed by atoms with van der Waals surface area (Å²) < 4.78 is 0. The van der Waals surface area contributed by atoms with E-state index in [4.69, 9.17) is 10.2 Å². The molecule has 12 nitrogen and oxygen atoms in total. The average Bonchev–Trinajstić information content (AvgIpc) is 2.94. The number of carbonyl (C=O) groups is 6. The lowest BCUT2D eigenvalue weighted by Crippen LogP contribution is -2.46. The molecule has 2 amide bonds. The molecule has 0 aliphatic rings. The summed E-state index contributed by atoms with van der Waals surface area (Å²) in [5, 5.41) is 44.2. The first-order chi connectivity index (χ1) is 20.5. The molecule has 0 aliphatic carbocycles. The molecular formula is C32H40N2O10. The van der Waals surface area contributed by atoms with Crippen LogP contribution in [0.4, 0.5) is 0 Å². The number of carboxylic acid groups (broad SMARTS) is 4. The van der Waals surface area contributed by atoms with Crippen LogP contribution in [0.2, 0.25) is 0 Å². The summed E-state index contributed by atoms with van der Waals surface area (Å²) >= 11 is 0. The maximum Gasteiger partial charge on any atom is 0.313 e. The van der Waals surface area contributed by atoms with Gasteiger partial charge in [-0.2, -0.15) is 0 Å². The minimum Gasteiger partial charge on any atom is -0.481 e. The molecule has 0 spiro atoms. The van der Waals surface area contributed by atoms with Crippen LogP contribution in [0.15, 0.2) is 48.5 Å². The Morgan fingerprint density at radius 2 is 1.05 bits per heavy atom. The van der Waals surface area contributed by atoms with Crippen LogP contribution >= 0.6 is 0 Å². The highest BCUT2D eigenvalue weighted by Gasteiger charge is 2.45. The van der Waals surface area contributed by atoms with Crippen molar-refractivity contribution in [2.75, 3.05) is 0 Å². The molecule has 0 saturated heterocycles. The zero-order valence-corrected chi connectivity index (χ0v) is 25.3. The van der Waals surface area contributed by atoms with Crippen LogP contribution < -0.4 is 10.6 Å². The number of carbonyl (C=O) groups excluding carboxylic acids is 2. The van der Waals surface area contributed by atoms with E-state index in [1.165, 1.54) is 13.8 Å². The number of aliphatic carboxylic acids is 4. The largest absolute Gasteiger partial charge is 0.481 e. The Hall–Kier alpha value is -4.74. The van der Waals surface area contributed by atoms with Crippen molar-refractivity contribution in [3.8, 4) is 11.1 Å². The molecule has 6 N–H and O–H groups in total. The third-order valence-corrected chi connectivity index (χ3v) is 7.64. The Morgan fingerprint density at radius 3 is 1.45 bits per heavy atom. The number of hydrogen-bond acceptors (Lipinski definition) is 6. The third kappa shape index (κ3) is 9.38. The van der Waals surface area contributed by atoms with Crippen molar-refractivity contribution >= 4 is 35.7 Å². The minimum atomic E-state index is -1.72. The number of benzene rings is 2. The molecular weight excluding hydrogens is 572 g/mol. The van der Waals surface area contributed by atoms with Crippen LogP contribution in [0.3, 0.4) is 0 Å². The monoisotopic (exact) mass is 612 g/mol. The van der Waals surface area contributed by atoms with E-state index in [1.54, 1.807) is 32.0 Å². The summed E-state index contributed by atoms with van der Waals surface area (Å²) in [6.45, 7) is 6.06. The van der Waals surface area contributed by atoms with Gasteiger partial charge in [0.2, 0.25) is 11.8 Å². The molecule has 0 radical (unpaired) electrons. The normalized spacial score (nSPS) is 15.1. The summed E-state index contributed by atoms with van der Waals surface area (Å²) in [4.78, 5) is 72.3. The second kappa shape index (κ2) is 15.1. The number of amides is 2. The van der Waals surface area contributed by atoms with E-state index in [2.05, 4.69) is 10.6 Å². The van der Waals surface area contributed by atoms with Gasteiger partial charge in [0.15, 0.2) is 0 Å². The van der Waals surface area contributed by atoms with Crippen molar-refractivity contribution in [1.29, 1.82) is 0 Å². The van der Waals surface area contributed by atoms with E-state index in [0.717, 1.165) is 5.56 Å². The zero-order chi connectivity index (χ0) is 33.2. The quantitative estimate of drug-likeness (QED) is 0.153. The SMILES string of the molecule is CC(CC(C)(C(=O)O)c1ccc(-c2ccccc2)cc1C(C)(CC(C)NC(=O)CCC(=O)O)C(=O)O)NC(=O)CCC(=O)O. The van der Waals surface area contributed by atoms with Gasteiger partial charge in [-0.3, -0.25) is 28.8 Å². The van der Waals surface area contributed by atoms with Crippen LogP contribution in [0, 0.1) is 0 Å². The Kier molecular flexibility index (Phi) is 12.2. The first-order valence-corrected chi connectivity index (χ1v) is 14.2. The van der Waals surface area contributed by atoms with Crippen LogP contribution in [0.25, 0.3) is 11.1 Å². The summed E-state index contributed by atoms with van der Waals surface area (Å²) in [5.74, 6) is -5.94. The zero-order valence-electron chi connectivity index (χ0n) is 25.3. The Morgan fingerprint density at radius 1 is 0.614 bits per heavy atom. The number of rotatable bonds is 17. The predicted molar refractivity (Wildman–Crippen MR) is 160 cm³/mol. The van der Waals surface area contributed by atoms with Gasteiger partial charge in [-0.15, -0.1) is 0 Å². The van der Waals surface area contributed by atoms with Gasteiger partial charge >= 0.3 is 23.9 Å². The Labute approximate surface area is 255 Å². The maximum atomic E-state index is 13.0. The average molecular weight is 613 g/mol. The standard InChI is InChI=1S/C32H40N2O10/c1-19(33-25(35)12-14-27(37)38)17-31(3,29(41)42)23-11-10-22(21-8-6-5-7-9-21)16-24(23)32(4,30(43)44)18-20(2)34-26(36)13-15-28(39)40/h5-11,16,19-20H,12-15,17-18H2,1-4H3,(H,33,35)(H,34,36)(H,37,38)(H,39,40)(H,41,42)(H,43,44). The smallest absolute Gasteiger partial charge is 0.313 e. The summed E-state index contributed by atoms with van der Waals surface area (Å²) in [6.07, 6.45) is -1.64. The fourth-order valence-corrected chi connectivity index (χ4v) is 5.38. The molecule has 12 heteroatoms. The van der Waals surface area contributed by atoms with Gasteiger partial charge in [-0.25, -0.2) is 0 Å². The molecule has 2 rings (SSSR count). The second-order valence-electron chi connectivity index (χ2n) is 11.5. The van der Waals surface area contributed by atoms with E-state index < -0.39 is 58.6 Å². The molecule has 4 atom stereocenters. The number of carboxylic acids is 4. The molecule has 0 aliphatic heterocycles. The molecule has 0 aromatic heterocycles. The number of hydrogen-bond donors (Lipinski definition) is 6. The fourth-order valence-electron chi connectivity index (χ4n) is 5.38. The summed E-state index contributed by atoms with van der Waals surface area (Å²) in [7, 11) is 0. The van der Waals surface area contributed by atoms with Crippen LogP contribution in [-0.4, -0.2) is 68.2 Å². The second-order valence-corrected chi connectivity index (χ2v) is 11.5. The van der Waals surface area contributed by atoms with Crippen LogP contribution in [-0.2, 0) is 39.6 Å². The molecule has 0 heterocycles. The van der Waals surface area contributed by atoms with E-state index >= 15 is 0 Å². The van der Waals surface area contributed by atoms with E-state index in [-0.39, 0.29) is 49.7 Å². The molecule has 44 heavy (non-hydrogen) atoms. The first kappa shape index (κ1) is 35.5. The maximum absolute atomic E-state index is 13.0. The molecule has 2 aromatic rings. The van der Waals surface area contributed by atoms with Gasteiger partial charge in [-0.1, -0.05) is 42.5 Å². The topological polar surface area (TPSA) is 207 Å². The van der Waals surface area contributed by atoms with Gasteiger partial charge in [0, 0.05) is 24.9 Å². The van der Waals surface area contributed by atoms with Crippen molar-refractivity contribution in [3.63, 3.8) is 0 Å². The molecule has 2 aromatic carbocycles. The van der Waals surface area contributed by atoms with E-state index in [9.17, 15) is 39.0 Å².